The van der Waals surface area contributed by atoms with Crippen LogP contribution in [0.1, 0.15) is 18.9 Å². The third-order valence-electron chi connectivity index (χ3n) is 5.09. The molecule has 1 amide bonds. The molecule has 2 atom stereocenters. The molecule has 1 saturated carbocycles. The van der Waals surface area contributed by atoms with Gasteiger partial charge in [-0.05, 0) is 42.2 Å². The number of nitrogens with one attached hydrogen (secondary N) is 2. The van der Waals surface area contributed by atoms with Gasteiger partial charge in [0.2, 0.25) is 5.91 Å². The number of para-hydroxylation sites is 1. The molecule has 0 unspecified atom stereocenters. The highest BCUT2D eigenvalue weighted by Gasteiger charge is 2.55. The molecule has 0 spiro atoms. The van der Waals surface area contributed by atoms with Crippen molar-refractivity contribution in [3.63, 3.8) is 0 Å². The van der Waals surface area contributed by atoms with E-state index >= 15 is 0 Å². The van der Waals surface area contributed by atoms with Crippen molar-refractivity contribution in [1.82, 2.24) is 4.72 Å². The molecule has 1 aliphatic carbocycles. The van der Waals surface area contributed by atoms with Gasteiger partial charge in [-0.25, -0.2) is 13.1 Å². The molecule has 0 radical (unpaired) electrons. The van der Waals surface area contributed by atoms with Gasteiger partial charge in [-0.2, -0.15) is 0 Å². The third kappa shape index (κ3) is 4.04. The summed E-state index contributed by atoms with van der Waals surface area (Å²) in [6.45, 7) is 5.64. The van der Waals surface area contributed by atoms with Crippen molar-refractivity contribution in [2.75, 3.05) is 12.4 Å². The molecule has 7 heteroatoms. The number of anilines is 1. The highest BCUT2D eigenvalue weighted by Crippen LogP contribution is 2.53. The summed E-state index contributed by atoms with van der Waals surface area (Å²) in [5, 5.41) is 2.86. The molecule has 0 heterocycles. The SMILES string of the molecule is C=C[C@@H]1C[C@]1(C)C(=O)NS(=O)(=O)c1cc(COc2ccccc2)ccc1NC. The number of amides is 1. The Bertz CT molecular complexity index is 989. The summed E-state index contributed by atoms with van der Waals surface area (Å²) < 4.78 is 33.7. The number of carbonyl (C=O) groups is 1. The van der Waals surface area contributed by atoms with Gasteiger partial charge >= 0.3 is 0 Å². The fourth-order valence-corrected chi connectivity index (χ4v) is 4.42. The van der Waals surface area contributed by atoms with Crippen LogP contribution in [0.5, 0.6) is 5.75 Å². The second kappa shape index (κ2) is 7.67. The van der Waals surface area contributed by atoms with Crippen molar-refractivity contribution in [2.24, 2.45) is 11.3 Å². The number of benzene rings is 2. The van der Waals surface area contributed by atoms with E-state index in [2.05, 4.69) is 16.6 Å². The van der Waals surface area contributed by atoms with Crippen molar-refractivity contribution in [1.29, 1.82) is 0 Å². The Morgan fingerprint density at radius 3 is 2.61 bits per heavy atom. The Kier molecular flexibility index (Phi) is 5.47. The molecule has 0 aliphatic heterocycles. The van der Waals surface area contributed by atoms with Gasteiger partial charge in [0.05, 0.1) is 11.1 Å². The number of allylic oxidation sites excluding steroid dienone is 1. The molecule has 2 aromatic carbocycles. The first-order chi connectivity index (χ1) is 13.3. The molecule has 2 aromatic rings. The van der Waals surface area contributed by atoms with E-state index in [4.69, 9.17) is 4.74 Å². The third-order valence-corrected chi connectivity index (χ3v) is 6.46. The number of carbonyl (C=O) groups excluding carboxylic acids is 1. The van der Waals surface area contributed by atoms with Crippen molar-refractivity contribution in [3.05, 3.63) is 66.7 Å². The van der Waals surface area contributed by atoms with Crippen molar-refractivity contribution < 1.29 is 17.9 Å². The van der Waals surface area contributed by atoms with Crippen LogP contribution in [-0.4, -0.2) is 21.4 Å². The van der Waals surface area contributed by atoms with Crippen LogP contribution in [0.15, 0.2) is 66.1 Å². The van der Waals surface area contributed by atoms with Gasteiger partial charge < -0.3 is 10.1 Å². The molecule has 3 rings (SSSR count). The highest BCUT2D eigenvalue weighted by molar-refractivity contribution is 7.90. The maximum atomic E-state index is 12.9. The van der Waals surface area contributed by atoms with E-state index < -0.39 is 21.3 Å². The lowest BCUT2D eigenvalue weighted by atomic mass is 10.1. The van der Waals surface area contributed by atoms with Crippen LogP contribution < -0.4 is 14.8 Å². The van der Waals surface area contributed by atoms with E-state index in [1.165, 1.54) is 6.07 Å². The summed E-state index contributed by atoms with van der Waals surface area (Å²) >= 11 is 0. The maximum absolute atomic E-state index is 12.9. The molecule has 0 bridgehead atoms. The van der Waals surface area contributed by atoms with Gasteiger partial charge in [0.1, 0.15) is 17.3 Å². The average Bonchev–Trinajstić information content (AvgIpc) is 3.39. The van der Waals surface area contributed by atoms with Crippen LogP contribution in [0.2, 0.25) is 0 Å². The number of sulfonamides is 1. The monoisotopic (exact) mass is 400 g/mol. The molecule has 28 heavy (non-hydrogen) atoms. The van der Waals surface area contributed by atoms with Crippen LogP contribution in [0.4, 0.5) is 5.69 Å². The Balaban J connectivity index is 1.80. The van der Waals surface area contributed by atoms with E-state index in [9.17, 15) is 13.2 Å². The van der Waals surface area contributed by atoms with Crippen LogP contribution in [-0.2, 0) is 21.4 Å². The van der Waals surface area contributed by atoms with E-state index in [1.807, 2.05) is 30.3 Å². The first-order valence-corrected chi connectivity index (χ1v) is 10.5. The standard InChI is InChI=1S/C21H24N2O4S/c1-4-16-13-21(16,2)20(24)23-28(25,26)19-12-15(10-11-18(19)22-3)14-27-17-8-6-5-7-9-17/h4-12,16,22H,1,13-14H2,2-3H3,(H,23,24)/t16-,21+/m1/s1. The predicted octanol–water partition coefficient (Wildman–Crippen LogP) is 3.32. The van der Waals surface area contributed by atoms with E-state index in [0.29, 0.717) is 23.4 Å². The van der Waals surface area contributed by atoms with E-state index in [-0.39, 0.29) is 17.4 Å². The topological polar surface area (TPSA) is 84.5 Å². The second-order valence-electron chi connectivity index (χ2n) is 7.08. The number of ether oxygens (including phenoxy) is 1. The van der Waals surface area contributed by atoms with Gasteiger partial charge in [-0.1, -0.05) is 37.3 Å². The summed E-state index contributed by atoms with van der Waals surface area (Å²) in [6.07, 6.45) is 2.29. The van der Waals surface area contributed by atoms with Crippen LogP contribution >= 0.6 is 0 Å². The molecular formula is C21H24N2O4S. The Labute approximate surface area is 165 Å². The quantitative estimate of drug-likeness (QED) is 0.664. The molecule has 1 aliphatic rings. The molecule has 1 fully saturated rings. The zero-order valence-corrected chi connectivity index (χ0v) is 16.8. The molecule has 0 saturated heterocycles. The number of rotatable bonds is 8. The molecule has 148 valence electrons. The number of hydrogen-bond acceptors (Lipinski definition) is 5. The minimum atomic E-state index is -4.03. The van der Waals surface area contributed by atoms with Gasteiger partial charge in [0.15, 0.2) is 0 Å². The highest BCUT2D eigenvalue weighted by atomic mass is 32.2. The minimum Gasteiger partial charge on any atom is -0.489 e. The van der Waals surface area contributed by atoms with Crippen LogP contribution in [0.3, 0.4) is 0 Å². The Hall–Kier alpha value is -2.80. The van der Waals surface area contributed by atoms with Gasteiger partial charge in [-0.3, -0.25) is 4.79 Å². The molecular weight excluding hydrogens is 376 g/mol. The largest absolute Gasteiger partial charge is 0.489 e. The Morgan fingerprint density at radius 2 is 2.00 bits per heavy atom. The maximum Gasteiger partial charge on any atom is 0.266 e. The van der Waals surface area contributed by atoms with E-state index in [0.717, 1.165) is 0 Å². The smallest absolute Gasteiger partial charge is 0.266 e. The predicted molar refractivity (Wildman–Crippen MR) is 109 cm³/mol. The normalized spacial score (nSPS) is 20.9. The second-order valence-corrected chi connectivity index (χ2v) is 8.73. The first-order valence-electron chi connectivity index (χ1n) is 8.98. The van der Waals surface area contributed by atoms with Gasteiger partial charge in [0.25, 0.3) is 10.0 Å². The van der Waals surface area contributed by atoms with Gasteiger partial charge in [0, 0.05) is 7.05 Å². The zero-order valence-electron chi connectivity index (χ0n) is 15.9. The molecule has 6 nitrogen and oxygen atoms in total. The number of hydrogen-bond donors (Lipinski definition) is 2. The summed E-state index contributed by atoms with van der Waals surface area (Å²) in [5.74, 6) is 0.178. The van der Waals surface area contributed by atoms with Gasteiger partial charge in [-0.15, -0.1) is 6.58 Å². The van der Waals surface area contributed by atoms with Crippen LogP contribution in [0, 0.1) is 11.3 Å². The van der Waals surface area contributed by atoms with Crippen molar-refractivity contribution in [2.45, 2.75) is 24.8 Å². The van der Waals surface area contributed by atoms with Crippen LogP contribution in [0.25, 0.3) is 0 Å². The van der Waals surface area contributed by atoms with Crippen molar-refractivity contribution in [3.8, 4) is 5.75 Å². The Morgan fingerprint density at radius 1 is 1.29 bits per heavy atom. The lowest BCUT2D eigenvalue weighted by Crippen LogP contribution is -2.36. The summed E-state index contributed by atoms with van der Waals surface area (Å²) in [7, 11) is -2.40. The molecule has 0 aromatic heterocycles. The average molecular weight is 401 g/mol. The van der Waals surface area contributed by atoms with E-state index in [1.54, 1.807) is 32.2 Å². The molecule has 2 N–H and O–H groups in total. The summed E-state index contributed by atoms with van der Waals surface area (Å²) in [5.41, 5.74) is 0.366. The first kappa shape index (κ1) is 19.9. The van der Waals surface area contributed by atoms with Crippen molar-refractivity contribution >= 4 is 21.6 Å². The lowest BCUT2D eigenvalue weighted by Gasteiger charge is -2.15. The summed E-state index contributed by atoms with van der Waals surface area (Å²) in [6, 6.07) is 14.2. The minimum absolute atomic E-state index is 0.00271. The zero-order chi connectivity index (χ0) is 20.4. The summed E-state index contributed by atoms with van der Waals surface area (Å²) in [4.78, 5) is 12.5. The lowest BCUT2D eigenvalue weighted by molar-refractivity contribution is -0.124. The fraction of sp³-hybridized carbons (Fsp3) is 0.286. The fourth-order valence-electron chi connectivity index (χ4n) is 3.06.